The highest BCUT2D eigenvalue weighted by atomic mass is 79.9. The third-order valence-electron chi connectivity index (χ3n) is 1.94. The minimum atomic E-state index is 1.05. The van der Waals surface area contributed by atoms with Crippen molar-refractivity contribution in [1.29, 1.82) is 0 Å². The van der Waals surface area contributed by atoms with E-state index in [1.807, 2.05) is 6.08 Å². The number of hydrogen-bond donors (Lipinski definition) is 0. The van der Waals surface area contributed by atoms with E-state index in [1.54, 1.807) is 0 Å². The fourth-order valence-corrected chi connectivity index (χ4v) is 1.50. The maximum absolute atomic E-state index is 3.43. The van der Waals surface area contributed by atoms with Gasteiger partial charge in [0.25, 0.3) is 0 Å². The zero-order chi connectivity index (χ0) is 10.5. The van der Waals surface area contributed by atoms with Gasteiger partial charge < -0.3 is 0 Å². The fraction of sp³-hybridized carbons (Fsp3) is 0.692. The SMILES string of the molecule is CCC/C=C\C#CCCCCCCBr. The van der Waals surface area contributed by atoms with Gasteiger partial charge in [0.2, 0.25) is 0 Å². The molecule has 1 heteroatoms. The molecular formula is C13H21Br. The van der Waals surface area contributed by atoms with Gasteiger partial charge in [0.15, 0.2) is 0 Å². The van der Waals surface area contributed by atoms with Crippen LogP contribution in [0.4, 0.5) is 0 Å². The molecule has 0 rings (SSSR count). The summed E-state index contributed by atoms with van der Waals surface area (Å²) in [6.45, 7) is 2.18. The molecule has 0 saturated carbocycles. The van der Waals surface area contributed by atoms with Crippen molar-refractivity contribution >= 4 is 15.9 Å². The third kappa shape index (κ3) is 11.8. The lowest BCUT2D eigenvalue weighted by Gasteiger charge is -1.93. The van der Waals surface area contributed by atoms with Gasteiger partial charge in [-0.1, -0.05) is 60.0 Å². The van der Waals surface area contributed by atoms with Gasteiger partial charge in [-0.05, 0) is 25.3 Å². The zero-order valence-electron chi connectivity index (χ0n) is 9.19. The average Bonchev–Trinajstić information content (AvgIpc) is 2.21. The highest BCUT2D eigenvalue weighted by Gasteiger charge is 1.85. The van der Waals surface area contributed by atoms with Gasteiger partial charge in [0, 0.05) is 11.8 Å². The van der Waals surface area contributed by atoms with E-state index in [1.165, 1.54) is 32.1 Å². The number of rotatable bonds is 7. The summed E-state index contributed by atoms with van der Waals surface area (Å²) in [6.07, 6.45) is 12.8. The normalized spacial score (nSPS) is 10.1. The Morgan fingerprint density at radius 3 is 2.64 bits per heavy atom. The summed E-state index contributed by atoms with van der Waals surface area (Å²) >= 11 is 3.43. The molecule has 0 aromatic rings. The van der Waals surface area contributed by atoms with Gasteiger partial charge in [0.05, 0.1) is 0 Å². The Balaban J connectivity index is 3.17. The molecule has 0 amide bonds. The van der Waals surface area contributed by atoms with E-state index in [-0.39, 0.29) is 0 Å². The lowest BCUT2D eigenvalue weighted by molar-refractivity contribution is 0.685. The largest absolute Gasteiger partial charge is 0.0985 e. The van der Waals surface area contributed by atoms with E-state index < -0.39 is 0 Å². The van der Waals surface area contributed by atoms with Crippen molar-refractivity contribution in [3.63, 3.8) is 0 Å². The molecule has 0 atom stereocenters. The van der Waals surface area contributed by atoms with E-state index in [2.05, 4.69) is 40.8 Å². The van der Waals surface area contributed by atoms with Gasteiger partial charge in [-0.3, -0.25) is 0 Å². The van der Waals surface area contributed by atoms with E-state index in [0.717, 1.165) is 18.2 Å². The molecule has 0 spiro atoms. The van der Waals surface area contributed by atoms with Gasteiger partial charge in [-0.15, -0.1) is 0 Å². The molecular weight excluding hydrogens is 236 g/mol. The summed E-state index contributed by atoms with van der Waals surface area (Å²) in [4.78, 5) is 0. The van der Waals surface area contributed by atoms with Crippen molar-refractivity contribution in [3.8, 4) is 11.8 Å². The molecule has 0 fully saturated rings. The van der Waals surface area contributed by atoms with Crippen molar-refractivity contribution in [2.24, 2.45) is 0 Å². The smallest absolute Gasteiger partial charge is 0.00922 e. The first kappa shape index (κ1) is 13.8. The van der Waals surface area contributed by atoms with E-state index in [9.17, 15) is 0 Å². The number of halogens is 1. The summed E-state index contributed by atoms with van der Waals surface area (Å²) in [5, 5.41) is 1.14. The molecule has 0 saturated heterocycles. The molecule has 0 aliphatic carbocycles. The molecule has 0 N–H and O–H groups in total. The van der Waals surface area contributed by atoms with E-state index in [4.69, 9.17) is 0 Å². The average molecular weight is 257 g/mol. The van der Waals surface area contributed by atoms with Gasteiger partial charge in [-0.25, -0.2) is 0 Å². The quantitative estimate of drug-likeness (QED) is 0.352. The second-order valence-electron chi connectivity index (χ2n) is 3.37. The van der Waals surface area contributed by atoms with Crippen LogP contribution in [0.5, 0.6) is 0 Å². The Morgan fingerprint density at radius 1 is 1.14 bits per heavy atom. The standard InChI is InChI=1S/C13H21Br/c1-2-3-4-5-6-7-8-9-10-11-12-13-14/h4-5H,2-3,8-13H2,1H3/b5-4-. The highest BCUT2D eigenvalue weighted by Crippen LogP contribution is 2.03. The number of hydrogen-bond acceptors (Lipinski definition) is 0. The van der Waals surface area contributed by atoms with Crippen LogP contribution in [0.25, 0.3) is 0 Å². The van der Waals surface area contributed by atoms with E-state index in [0.29, 0.717) is 0 Å². The Hall–Kier alpha value is -0.220. The summed E-state index contributed by atoms with van der Waals surface area (Å²) in [5.74, 6) is 6.24. The highest BCUT2D eigenvalue weighted by molar-refractivity contribution is 9.09. The van der Waals surface area contributed by atoms with Crippen LogP contribution in [0.3, 0.4) is 0 Å². The van der Waals surface area contributed by atoms with Crippen LogP contribution >= 0.6 is 15.9 Å². The molecule has 0 aromatic heterocycles. The molecule has 0 heterocycles. The predicted molar refractivity (Wildman–Crippen MR) is 68.7 cm³/mol. The van der Waals surface area contributed by atoms with Crippen LogP contribution in [0.1, 0.15) is 51.9 Å². The number of alkyl halides is 1. The van der Waals surface area contributed by atoms with Crippen LogP contribution < -0.4 is 0 Å². The van der Waals surface area contributed by atoms with Gasteiger partial charge in [-0.2, -0.15) is 0 Å². The monoisotopic (exact) mass is 256 g/mol. The van der Waals surface area contributed by atoms with Crippen LogP contribution in [-0.4, -0.2) is 5.33 Å². The number of unbranched alkanes of at least 4 members (excludes halogenated alkanes) is 5. The lowest BCUT2D eigenvalue weighted by atomic mass is 10.1. The maximum atomic E-state index is 3.43. The first-order chi connectivity index (χ1) is 6.91. The fourth-order valence-electron chi connectivity index (χ4n) is 1.10. The minimum Gasteiger partial charge on any atom is -0.0985 e. The molecule has 80 valence electrons. The third-order valence-corrected chi connectivity index (χ3v) is 2.50. The molecule has 0 aliphatic rings. The first-order valence-corrected chi connectivity index (χ1v) is 6.73. The Morgan fingerprint density at radius 2 is 1.93 bits per heavy atom. The van der Waals surface area contributed by atoms with Crippen molar-refractivity contribution in [3.05, 3.63) is 12.2 Å². The molecule has 0 nitrogen and oxygen atoms in total. The van der Waals surface area contributed by atoms with Gasteiger partial charge in [0.1, 0.15) is 0 Å². The molecule has 0 unspecified atom stereocenters. The summed E-state index contributed by atoms with van der Waals surface area (Å²) in [5.41, 5.74) is 0. The van der Waals surface area contributed by atoms with Crippen molar-refractivity contribution in [1.82, 2.24) is 0 Å². The summed E-state index contributed by atoms with van der Waals surface area (Å²) in [7, 11) is 0. The Kier molecular flexibility index (Phi) is 12.6. The summed E-state index contributed by atoms with van der Waals surface area (Å²) < 4.78 is 0. The topological polar surface area (TPSA) is 0 Å². The van der Waals surface area contributed by atoms with Crippen molar-refractivity contribution in [2.45, 2.75) is 51.9 Å². The molecule has 0 radical (unpaired) electrons. The second-order valence-corrected chi connectivity index (χ2v) is 4.16. The predicted octanol–water partition coefficient (Wildman–Crippen LogP) is 4.69. The van der Waals surface area contributed by atoms with Crippen LogP contribution in [0.2, 0.25) is 0 Å². The maximum Gasteiger partial charge on any atom is 0.00922 e. The summed E-state index contributed by atoms with van der Waals surface area (Å²) in [6, 6.07) is 0. The van der Waals surface area contributed by atoms with Crippen LogP contribution in [-0.2, 0) is 0 Å². The van der Waals surface area contributed by atoms with Crippen molar-refractivity contribution in [2.75, 3.05) is 5.33 Å². The van der Waals surface area contributed by atoms with Crippen LogP contribution in [0, 0.1) is 11.8 Å². The molecule has 14 heavy (non-hydrogen) atoms. The lowest BCUT2D eigenvalue weighted by Crippen LogP contribution is -1.77. The first-order valence-electron chi connectivity index (χ1n) is 5.61. The van der Waals surface area contributed by atoms with Gasteiger partial charge >= 0.3 is 0 Å². The Labute approximate surface area is 97.3 Å². The van der Waals surface area contributed by atoms with E-state index >= 15 is 0 Å². The second kappa shape index (κ2) is 12.8. The molecule has 0 aliphatic heterocycles. The number of allylic oxidation sites excluding steroid dienone is 2. The Bertz CT molecular complexity index is 183. The molecule has 0 bridgehead atoms. The molecule has 0 aromatic carbocycles. The van der Waals surface area contributed by atoms with Crippen molar-refractivity contribution < 1.29 is 0 Å². The minimum absolute atomic E-state index is 1.05. The van der Waals surface area contributed by atoms with Crippen LogP contribution in [0.15, 0.2) is 12.2 Å². The zero-order valence-corrected chi connectivity index (χ0v) is 10.8.